The lowest BCUT2D eigenvalue weighted by Gasteiger charge is -2.24. The van der Waals surface area contributed by atoms with E-state index in [1.807, 2.05) is 0 Å². The normalized spacial score (nSPS) is 13.6. The first-order chi connectivity index (χ1) is 8.75. The molecule has 0 radical (unpaired) electrons. The standard InChI is InChI=1S/C12H21N3O3S/c1-8-5-11(14-13)6-9(2)12(8)19(17,18)15(4)10(3)7-16/h5-6,10,14,16H,7,13H2,1-4H3. The number of benzene rings is 1. The number of nitrogens with one attached hydrogen (secondary N) is 1. The van der Waals surface area contributed by atoms with Crippen molar-refractivity contribution >= 4 is 15.7 Å². The summed E-state index contributed by atoms with van der Waals surface area (Å²) in [5, 5.41) is 9.10. The van der Waals surface area contributed by atoms with Crippen molar-refractivity contribution in [3.05, 3.63) is 23.3 Å². The van der Waals surface area contributed by atoms with E-state index >= 15 is 0 Å². The van der Waals surface area contributed by atoms with Crippen LogP contribution in [0.2, 0.25) is 0 Å². The first-order valence-corrected chi connectivity index (χ1v) is 7.36. The molecule has 0 fully saturated rings. The number of hydrogen-bond donors (Lipinski definition) is 3. The van der Waals surface area contributed by atoms with Crippen LogP contribution < -0.4 is 11.3 Å². The molecule has 0 bridgehead atoms. The van der Waals surface area contributed by atoms with Crippen LogP contribution in [0.4, 0.5) is 5.69 Å². The molecule has 108 valence electrons. The summed E-state index contributed by atoms with van der Waals surface area (Å²) < 4.78 is 26.3. The fraction of sp³-hybridized carbons (Fsp3) is 0.500. The molecule has 1 rings (SSSR count). The molecular weight excluding hydrogens is 266 g/mol. The summed E-state index contributed by atoms with van der Waals surface area (Å²) in [6, 6.07) is 2.88. The van der Waals surface area contributed by atoms with E-state index in [4.69, 9.17) is 10.9 Å². The molecule has 0 aliphatic rings. The van der Waals surface area contributed by atoms with Crippen molar-refractivity contribution in [3.8, 4) is 0 Å². The zero-order chi connectivity index (χ0) is 14.8. The van der Waals surface area contributed by atoms with E-state index in [0.717, 1.165) is 0 Å². The summed E-state index contributed by atoms with van der Waals surface area (Å²) in [7, 11) is -2.17. The second-order valence-corrected chi connectivity index (χ2v) is 6.57. The number of rotatable bonds is 5. The van der Waals surface area contributed by atoms with Crippen molar-refractivity contribution in [2.45, 2.75) is 31.7 Å². The predicted octanol–water partition coefficient (Wildman–Crippen LogP) is 0.590. The number of sulfonamides is 1. The number of hydrazine groups is 1. The molecule has 7 heteroatoms. The van der Waals surface area contributed by atoms with Gasteiger partial charge in [-0.2, -0.15) is 4.31 Å². The lowest BCUT2D eigenvalue weighted by molar-refractivity contribution is 0.213. The van der Waals surface area contributed by atoms with Gasteiger partial charge in [0.25, 0.3) is 0 Å². The highest BCUT2D eigenvalue weighted by Crippen LogP contribution is 2.27. The quantitative estimate of drug-likeness (QED) is 0.544. The minimum atomic E-state index is -3.63. The zero-order valence-electron chi connectivity index (χ0n) is 11.6. The van der Waals surface area contributed by atoms with Gasteiger partial charge < -0.3 is 10.5 Å². The Balaban J connectivity index is 3.37. The molecule has 6 nitrogen and oxygen atoms in total. The Kier molecular flexibility index (Phi) is 4.92. The van der Waals surface area contributed by atoms with Gasteiger partial charge in [0.1, 0.15) is 0 Å². The number of aliphatic hydroxyl groups is 1. The first-order valence-electron chi connectivity index (χ1n) is 5.92. The van der Waals surface area contributed by atoms with E-state index < -0.39 is 16.1 Å². The smallest absolute Gasteiger partial charge is 0.243 e. The van der Waals surface area contributed by atoms with Crippen LogP contribution in [0.1, 0.15) is 18.1 Å². The molecule has 0 aliphatic heterocycles. The summed E-state index contributed by atoms with van der Waals surface area (Å²) in [5.41, 5.74) is 4.39. The van der Waals surface area contributed by atoms with Crippen LogP contribution in [-0.4, -0.2) is 37.5 Å². The number of nitrogen functional groups attached to an aromatic ring is 1. The van der Waals surface area contributed by atoms with Gasteiger partial charge in [-0.3, -0.25) is 5.84 Å². The third kappa shape index (κ3) is 3.06. The molecule has 0 heterocycles. The van der Waals surface area contributed by atoms with Gasteiger partial charge in [0.15, 0.2) is 0 Å². The molecule has 1 atom stereocenters. The van der Waals surface area contributed by atoms with Crippen LogP contribution in [0.15, 0.2) is 17.0 Å². The molecule has 0 aromatic heterocycles. The predicted molar refractivity (Wildman–Crippen MR) is 75.2 cm³/mol. The highest BCUT2D eigenvalue weighted by Gasteiger charge is 2.28. The lowest BCUT2D eigenvalue weighted by atomic mass is 10.1. The average molecular weight is 287 g/mol. The number of anilines is 1. The number of aliphatic hydroxyl groups excluding tert-OH is 1. The molecule has 19 heavy (non-hydrogen) atoms. The second kappa shape index (κ2) is 5.87. The van der Waals surface area contributed by atoms with Gasteiger partial charge in [0.05, 0.1) is 11.5 Å². The highest BCUT2D eigenvalue weighted by molar-refractivity contribution is 7.89. The Morgan fingerprint density at radius 1 is 1.37 bits per heavy atom. The van der Waals surface area contributed by atoms with Crippen molar-refractivity contribution in [1.82, 2.24) is 4.31 Å². The van der Waals surface area contributed by atoms with Gasteiger partial charge in [0, 0.05) is 18.8 Å². The van der Waals surface area contributed by atoms with Gasteiger partial charge in [-0.05, 0) is 44.0 Å². The maximum Gasteiger partial charge on any atom is 0.243 e. The molecular formula is C12H21N3O3S. The highest BCUT2D eigenvalue weighted by atomic mass is 32.2. The summed E-state index contributed by atoms with van der Waals surface area (Å²) in [5.74, 6) is 5.33. The molecule has 4 N–H and O–H groups in total. The van der Waals surface area contributed by atoms with Crippen LogP contribution in [0.3, 0.4) is 0 Å². The number of nitrogens with two attached hydrogens (primary N) is 1. The van der Waals surface area contributed by atoms with E-state index in [-0.39, 0.29) is 11.5 Å². The van der Waals surface area contributed by atoms with Crippen LogP contribution in [-0.2, 0) is 10.0 Å². The van der Waals surface area contributed by atoms with Crippen molar-refractivity contribution < 1.29 is 13.5 Å². The largest absolute Gasteiger partial charge is 0.395 e. The number of aryl methyl sites for hydroxylation is 2. The molecule has 0 amide bonds. The zero-order valence-corrected chi connectivity index (χ0v) is 12.5. The minimum absolute atomic E-state index is 0.226. The van der Waals surface area contributed by atoms with Crippen molar-refractivity contribution in [3.63, 3.8) is 0 Å². The molecule has 1 aromatic carbocycles. The third-order valence-corrected chi connectivity index (χ3v) is 5.43. The van der Waals surface area contributed by atoms with Gasteiger partial charge in [-0.15, -0.1) is 0 Å². The third-order valence-electron chi connectivity index (χ3n) is 3.15. The van der Waals surface area contributed by atoms with Crippen molar-refractivity contribution in [2.75, 3.05) is 19.1 Å². The molecule has 1 aromatic rings. The van der Waals surface area contributed by atoms with Gasteiger partial charge >= 0.3 is 0 Å². The molecule has 0 aliphatic carbocycles. The fourth-order valence-electron chi connectivity index (χ4n) is 1.94. The molecule has 1 unspecified atom stereocenters. The second-order valence-electron chi connectivity index (χ2n) is 4.64. The summed E-state index contributed by atoms with van der Waals surface area (Å²) >= 11 is 0. The Morgan fingerprint density at radius 2 is 1.84 bits per heavy atom. The number of nitrogens with zero attached hydrogens (tertiary/aromatic N) is 1. The van der Waals surface area contributed by atoms with E-state index in [1.165, 1.54) is 11.4 Å². The van der Waals surface area contributed by atoms with Crippen LogP contribution >= 0.6 is 0 Å². The van der Waals surface area contributed by atoms with Crippen molar-refractivity contribution in [2.24, 2.45) is 5.84 Å². The molecule has 0 saturated carbocycles. The van der Waals surface area contributed by atoms with Crippen LogP contribution in [0, 0.1) is 13.8 Å². The van der Waals surface area contributed by atoms with Gasteiger partial charge in [0.2, 0.25) is 10.0 Å². The summed E-state index contributed by atoms with van der Waals surface area (Å²) in [6.45, 7) is 4.87. The first kappa shape index (κ1) is 15.9. The average Bonchev–Trinajstić information content (AvgIpc) is 2.35. The van der Waals surface area contributed by atoms with Crippen LogP contribution in [0.25, 0.3) is 0 Å². The Bertz CT molecular complexity index is 534. The maximum absolute atomic E-state index is 12.5. The van der Waals surface area contributed by atoms with Gasteiger partial charge in [-0.25, -0.2) is 8.42 Å². The Morgan fingerprint density at radius 3 is 2.21 bits per heavy atom. The number of hydrogen-bond acceptors (Lipinski definition) is 5. The van der Waals surface area contributed by atoms with Crippen molar-refractivity contribution in [1.29, 1.82) is 0 Å². The Labute approximate surface area is 114 Å². The van der Waals surface area contributed by atoms with E-state index in [9.17, 15) is 8.42 Å². The fourth-order valence-corrected chi connectivity index (χ4v) is 3.70. The molecule has 0 spiro atoms. The monoisotopic (exact) mass is 287 g/mol. The SMILES string of the molecule is Cc1cc(NN)cc(C)c1S(=O)(=O)N(C)C(C)CO. The number of likely N-dealkylation sites (N-methyl/N-ethyl adjacent to an activating group) is 1. The van der Waals surface area contributed by atoms with Gasteiger partial charge in [-0.1, -0.05) is 0 Å². The summed E-state index contributed by atoms with van der Waals surface area (Å²) in [4.78, 5) is 0.259. The van der Waals surface area contributed by atoms with Crippen LogP contribution in [0.5, 0.6) is 0 Å². The minimum Gasteiger partial charge on any atom is -0.395 e. The topological polar surface area (TPSA) is 95.7 Å². The Hall–Kier alpha value is -1.15. The lowest BCUT2D eigenvalue weighted by Crippen LogP contribution is -2.37. The maximum atomic E-state index is 12.5. The van der Waals surface area contributed by atoms with E-state index in [2.05, 4.69) is 5.43 Å². The molecule has 0 saturated heterocycles. The van der Waals surface area contributed by atoms with E-state index in [1.54, 1.807) is 32.9 Å². The van der Waals surface area contributed by atoms with E-state index in [0.29, 0.717) is 16.8 Å². The summed E-state index contributed by atoms with van der Waals surface area (Å²) in [6.07, 6.45) is 0.